The molecule has 1 amide bonds. The van der Waals surface area contributed by atoms with E-state index in [0.29, 0.717) is 17.3 Å². The lowest BCUT2D eigenvalue weighted by atomic mass is 9.95. The van der Waals surface area contributed by atoms with Crippen molar-refractivity contribution >= 4 is 33.5 Å². The van der Waals surface area contributed by atoms with Crippen LogP contribution >= 0.6 is 15.9 Å². The summed E-state index contributed by atoms with van der Waals surface area (Å²) >= 11 is 3.54. The maximum absolute atomic E-state index is 13.3. The van der Waals surface area contributed by atoms with Crippen molar-refractivity contribution in [3.8, 4) is 5.75 Å². The molecule has 1 atom stereocenters. The van der Waals surface area contributed by atoms with Crippen molar-refractivity contribution in [2.24, 2.45) is 0 Å². The number of aromatic nitrogens is 3. The van der Waals surface area contributed by atoms with Crippen LogP contribution in [0, 0.1) is 6.92 Å². The Kier molecular flexibility index (Phi) is 5.10. The second-order valence-corrected chi connectivity index (χ2v) is 7.67. The fraction of sp³-hybridized carbons (Fsp3) is 0.190. The van der Waals surface area contributed by atoms with Crippen molar-refractivity contribution in [1.82, 2.24) is 14.8 Å². The smallest absolute Gasteiger partial charge is 0.255 e. The molecular weight excluding hydrogens is 434 g/mol. The molecule has 2 aromatic carbocycles. The SMILES string of the molecule is COc1ccc(C2C(C(=O)Nc3cccc(C)c3)=C(C)Nc3ncnn32)cc1Br. The zero-order chi connectivity index (χ0) is 20.5. The summed E-state index contributed by atoms with van der Waals surface area (Å²) in [6, 6.07) is 13.0. The average Bonchev–Trinajstić information content (AvgIpc) is 3.14. The van der Waals surface area contributed by atoms with Gasteiger partial charge in [-0.05, 0) is 65.2 Å². The number of hydrogen-bond acceptors (Lipinski definition) is 5. The minimum Gasteiger partial charge on any atom is -0.496 e. The van der Waals surface area contributed by atoms with Crippen LogP contribution in [0.25, 0.3) is 0 Å². The zero-order valence-electron chi connectivity index (χ0n) is 16.2. The number of ether oxygens (including phenoxy) is 1. The maximum atomic E-state index is 13.3. The number of amides is 1. The molecule has 0 saturated carbocycles. The molecule has 1 unspecified atom stereocenters. The number of nitrogens with zero attached hydrogens (tertiary/aromatic N) is 3. The van der Waals surface area contributed by atoms with E-state index < -0.39 is 6.04 Å². The predicted molar refractivity (Wildman–Crippen MR) is 115 cm³/mol. The second-order valence-electron chi connectivity index (χ2n) is 6.81. The van der Waals surface area contributed by atoms with Gasteiger partial charge in [0.25, 0.3) is 5.91 Å². The van der Waals surface area contributed by atoms with Crippen LogP contribution in [0.2, 0.25) is 0 Å². The summed E-state index contributed by atoms with van der Waals surface area (Å²) in [5.41, 5.74) is 4.01. The number of carbonyl (C=O) groups is 1. The molecule has 7 nitrogen and oxygen atoms in total. The molecule has 0 bridgehead atoms. The fourth-order valence-corrected chi connectivity index (χ4v) is 4.03. The Labute approximate surface area is 176 Å². The Hall–Kier alpha value is -3.13. The van der Waals surface area contributed by atoms with E-state index in [-0.39, 0.29) is 5.91 Å². The predicted octanol–water partition coefficient (Wildman–Crippen LogP) is 4.29. The summed E-state index contributed by atoms with van der Waals surface area (Å²) in [4.78, 5) is 17.6. The molecule has 2 N–H and O–H groups in total. The highest BCUT2D eigenvalue weighted by Gasteiger charge is 2.33. The first-order valence-corrected chi connectivity index (χ1v) is 9.86. The highest BCUT2D eigenvalue weighted by atomic mass is 79.9. The van der Waals surface area contributed by atoms with Crippen LogP contribution < -0.4 is 15.4 Å². The number of hydrogen-bond donors (Lipinski definition) is 2. The minimum atomic E-state index is -0.430. The normalized spacial score (nSPS) is 15.5. The maximum Gasteiger partial charge on any atom is 0.255 e. The first-order chi connectivity index (χ1) is 14.0. The Morgan fingerprint density at radius 1 is 1.24 bits per heavy atom. The third-order valence-electron chi connectivity index (χ3n) is 4.81. The van der Waals surface area contributed by atoms with Gasteiger partial charge in [-0.1, -0.05) is 18.2 Å². The number of carbonyl (C=O) groups excluding carboxylic acids is 1. The lowest BCUT2D eigenvalue weighted by Crippen LogP contribution is -2.31. The van der Waals surface area contributed by atoms with Gasteiger partial charge in [0, 0.05) is 11.4 Å². The molecule has 0 saturated heterocycles. The Balaban J connectivity index is 1.77. The molecule has 0 aliphatic carbocycles. The van der Waals surface area contributed by atoms with Crippen LogP contribution in [0.4, 0.5) is 11.6 Å². The number of allylic oxidation sites excluding steroid dienone is 1. The molecule has 3 aromatic rings. The van der Waals surface area contributed by atoms with Crippen LogP contribution in [0.15, 0.2) is 64.5 Å². The lowest BCUT2D eigenvalue weighted by Gasteiger charge is -2.29. The minimum absolute atomic E-state index is 0.196. The molecule has 0 fully saturated rings. The Bertz CT molecular complexity index is 1120. The number of methoxy groups -OCH3 is 1. The summed E-state index contributed by atoms with van der Waals surface area (Å²) in [5, 5.41) is 10.5. The van der Waals surface area contributed by atoms with Crippen LogP contribution in [0.3, 0.4) is 0 Å². The quantitative estimate of drug-likeness (QED) is 0.615. The average molecular weight is 454 g/mol. The Morgan fingerprint density at radius 3 is 2.79 bits per heavy atom. The van der Waals surface area contributed by atoms with Crippen molar-refractivity contribution in [1.29, 1.82) is 0 Å². The molecule has 0 radical (unpaired) electrons. The number of rotatable bonds is 4. The van der Waals surface area contributed by atoms with E-state index in [9.17, 15) is 4.79 Å². The third-order valence-corrected chi connectivity index (χ3v) is 5.43. The number of anilines is 2. The highest BCUT2D eigenvalue weighted by molar-refractivity contribution is 9.10. The van der Waals surface area contributed by atoms with Crippen LogP contribution in [0.5, 0.6) is 5.75 Å². The van der Waals surface area contributed by atoms with Gasteiger partial charge in [0.15, 0.2) is 0 Å². The summed E-state index contributed by atoms with van der Waals surface area (Å²) in [5.74, 6) is 1.11. The van der Waals surface area contributed by atoms with Gasteiger partial charge in [-0.3, -0.25) is 4.79 Å². The molecule has 0 spiro atoms. The standard InChI is InChI=1S/C21H20BrN5O2/c1-12-5-4-6-15(9-12)26-20(28)18-13(2)25-21-23-11-24-27(21)19(18)14-7-8-17(29-3)16(22)10-14/h4-11,19H,1-3H3,(H,26,28)(H,23,24,25). The van der Waals surface area contributed by atoms with E-state index in [0.717, 1.165) is 27.0 Å². The molecule has 148 valence electrons. The number of aryl methyl sites for hydroxylation is 1. The van der Waals surface area contributed by atoms with Crippen molar-refractivity contribution in [3.05, 3.63) is 75.7 Å². The Morgan fingerprint density at radius 2 is 2.07 bits per heavy atom. The number of nitrogens with one attached hydrogen (secondary N) is 2. The monoisotopic (exact) mass is 453 g/mol. The molecule has 1 aliphatic rings. The van der Waals surface area contributed by atoms with Gasteiger partial charge < -0.3 is 15.4 Å². The van der Waals surface area contributed by atoms with Crippen molar-refractivity contribution in [2.75, 3.05) is 17.7 Å². The number of benzene rings is 2. The highest BCUT2D eigenvalue weighted by Crippen LogP contribution is 2.37. The summed E-state index contributed by atoms with van der Waals surface area (Å²) in [7, 11) is 1.62. The van der Waals surface area contributed by atoms with Crippen LogP contribution in [-0.4, -0.2) is 27.8 Å². The molecule has 4 rings (SSSR count). The summed E-state index contributed by atoms with van der Waals surface area (Å²) < 4.78 is 7.86. The molecule has 1 aromatic heterocycles. The van der Waals surface area contributed by atoms with E-state index in [1.165, 1.54) is 6.33 Å². The lowest BCUT2D eigenvalue weighted by molar-refractivity contribution is -0.113. The van der Waals surface area contributed by atoms with Gasteiger partial charge in [-0.15, -0.1) is 0 Å². The number of fused-ring (bicyclic) bond motifs is 1. The van der Waals surface area contributed by atoms with Crippen LogP contribution in [0.1, 0.15) is 24.1 Å². The zero-order valence-corrected chi connectivity index (χ0v) is 17.8. The summed E-state index contributed by atoms with van der Waals surface area (Å²) in [6.07, 6.45) is 1.47. The van der Waals surface area contributed by atoms with Gasteiger partial charge in [0.1, 0.15) is 18.1 Å². The number of halogens is 1. The van der Waals surface area contributed by atoms with E-state index >= 15 is 0 Å². The van der Waals surface area contributed by atoms with Crippen molar-refractivity contribution in [3.63, 3.8) is 0 Å². The largest absolute Gasteiger partial charge is 0.496 e. The van der Waals surface area contributed by atoms with Crippen molar-refractivity contribution in [2.45, 2.75) is 19.9 Å². The van der Waals surface area contributed by atoms with Gasteiger partial charge in [-0.2, -0.15) is 10.1 Å². The topological polar surface area (TPSA) is 81.1 Å². The second kappa shape index (κ2) is 7.71. The first kappa shape index (κ1) is 19.2. The van der Waals surface area contributed by atoms with Gasteiger partial charge >= 0.3 is 0 Å². The van der Waals surface area contributed by atoms with Gasteiger partial charge in [0.2, 0.25) is 5.95 Å². The third kappa shape index (κ3) is 3.63. The molecular formula is C21H20BrN5O2. The molecule has 29 heavy (non-hydrogen) atoms. The van der Waals surface area contributed by atoms with Crippen LogP contribution in [-0.2, 0) is 4.79 Å². The molecule has 2 heterocycles. The first-order valence-electron chi connectivity index (χ1n) is 9.06. The molecule has 8 heteroatoms. The van der Waals surface area contributed by atoms with Gasteiger partial charge in [0.05, 0.1) is 17.2 Å². The van der Waals surface area contributed by atoms with E-state index in [1.54, 1.807) is 11.8 Å². The molecule has 1 aliphatic heterocycles. The van der Waals surface area contributed by atoms with E-state index in [4.69, 9.17) is 4.74 Å². The van der Waals surface area contributed by atoms with Gasteiger partial charge in [-0.25, -0.2) is 4.68 Å². The van der Waals surface area contributed by atoms with E-state index in [2.05, 4.69) is 36.6 Å². The summed E-state index contributed by atoms with van der Waals surface area (Å²) in [6.45, 7) is 3.86. The fourth-order valence-electron chi connectivity index (χ4n) is 3.47. The van der Waals surface area contributed by atoms with E-state index in [1.807, 2.05) is 56.3 Å². The van der Waals surface area contributed by atoms with Crippen molar-refractivity contribution < 1.29 is 9.53 Å².